The van der Waals surface area contributed by atoms with Crippen LogP contribution in [0.4, 0.5) is 0 Å². The summed E-state index contributed by atoms with van der Waals surface area (Å²) in [6, 6.07) is 14.9. The predicted octanol–water partition coefficient (Wildman–Crippen LogP) is 4.17. The maximum absolute atomic E-state index is 6.19. The van der Waals surface area contributed by atoms with Gasteiger partial charge in [-0.1, -0.05) is 48.6 Å². The van der Waals surface area contributed by atoms with Gasteiger partial charge in [0.2, 0.25) is 0 Å². The SMILES string of the molecule is C1=Cc2cccc3cccc(c23)C1.CCN=C=N. The van der Waals surface area contributed by atoms with Gasteiger partial charge in [0.1, 0.15) is 0 Å². The number of nitrogens with one attached hydrogen (secondary N) is 1. The van der Waals surface area contributed by atoms with Crippen LogP contribution in [0.3, 0.4) is 0 Å². The number of hydrogen-bond acceptors (Lipinski definition) is 2. The predicted molar refractivity (Wildman–Crippen MR) is 77.4 cm³/mol. The lowest BCUT2D eigenvalue weighted by molar-refractivity contribution is 1.14. The fourth-order valence-electron chi connectivity index (χ4n) is 2.15. The summed E-state index contributed by atoms with van der Waals surface area (Å²) in [7, 11) is 0. The van der Waals surface area contributed by atoms with Crippen LogP contribution in [-0.2, 0) is 6.42 Å². The third-order valence-corrected chi connectivity index (χ3v) is 2.90. The molecule has 2 aromatic carbocycles. The van der Waals surface area contributed by atoms with E-state index in [1.807, 2.05) is 12.9 Å². The van der Waals surface area contributed by atoms with Crippen LogP contribution >= 0.6 is 0 Å². The Hall–Kier alpha value is -2.18. The van der Waals surface area contributed by atoms with E-state index < -0.39 is 0 Å². The molecule has 0 saturated carbocycles. The van der Waals surface area contributed by atoms with Crippen molar-refractivity contribution in [1.29, 1.82) is 5.41 Å². The summed E-state index contributed by atoms with van der Waals surface area (Å²) in [6.07, 6.45) is 5.53. The van der Waals surface area contributed by atoms with Crippen LogP contribution in [0, 0.1) is 5.41 Å². The molecule has 1 aliphatic rings. The van der Waals surface area contributed by atoms with Gasteiger partial charge in [-0.3, -0.25) is 0 Å². The molecule has 2 aromatic rings. The van der Waals surface area contributed by atoms with Crippen LogP contribution in [0.25, 0.3) is 16.8 Å². The lowest BCUT2D eigenvalue weighted by atomic mass is 9.93. The zero-order chi connectivity index (χ0) is 12.8. The topological polar surface area (TPSA) is 36.2 Å². The Morgan fingerprint density at radius 1 is 1.22 bits per heavy atom. The molecule has 0 aliphatic heterocycles. The third kappa shape index (κ3) is 2.55. The van der Waals surface area contributed by atoms with E-state index >= 15 is 0 Å². The molecule has 90 valence electrons. The second-order valence-corrected chi connectivity index (χ2v) is 4.06. The van der Waals surface area contributed by atoms with Crippen LogP contribution in [0.2, 0.25) is 0 Å². The number of benzene rings is 2. The second-order valence-electron chi connectivity index (χ2n) is 4.06. The minimum atomic E-state index is 0.670. The Bertz CT molecular complexity index is 615. The van der Waals surface area contributed by atoms with Crippen LogP contribution in [0.5, 0.6) is 0 Å². The molecule has 3 rings (SSSR count). The Morgan fingerprint density at radius 2 is 2.00 bits per heavy atom. The molecule has 0 fully saturated rings. The normalized spacial score (nSPS) is 11.4. The van der Waals surface area contributed by atoms with E-state index in [0.29, 0.717) is 6.54 Å². The van der Waals surface area contributed by atoms with Gasteiger partial charge >= 0.3 is 0 Å². The first-order valence-corrected chi connectivity index (χ1v) is 6.12. The van der Waals surface area contributed by atoms with Gasteiger partial charge in [0.15, 0.2) is 0 Å². The first-order chi connectivity index (χ1) is 8.86. The minimum absolute atomic E-state index is 0.670. The van der Waals surface area contributed by atoms with Gasteiger partial charge in [-0.2, -0.15) is 0 Å². The molecule has 0 aromatic heterocycles. The van der Waals surface area contributed by atoms with Gasteiger partial charge in [-0.15, -0.1) is 0 Å². The van der Waals surface area contributed by atoms with E-state index in [-0.39, 0.29) is 0 Å². The zero-order valence-electron chi connectivity index (χ0n) is 10.5. The lowest BCUT2D eigenvalue weighted by Gasteiger charge is -2.11. The highest BCUT2D eigenvalue weighted by molar-refractivity contribution is 5.94. The Labute approximate surface area is 107 Å². The molecule has 1 N–H and O–H groups in total. The molecule has 0 saturated heterocycles. The van der Waals surface area contributed by atoms with Crippen molar-refractivity contribution < 1.29 is 0 Å². The van der Waals surface area contributed by atoms with Gasteiger partial charge < -0.3 is 0 Å². The van der Waals surface area contributed by atoms with E-state index in [4.69, 9.17) is 5.41 Å². The largest absolute Gasteiger partial charge is 0.242 e. The van der Waals surface area contributed by atoms with Crippen molar-refractivity contribution in [3.63, 3.8) is 0 Å². The highest BCUT2D eigenvalue weighted by atomic mass is 14.7. The fourth-order valence-corrected chi connectivity index (χ4v) is 2.15. The third-order valence-electron chi connectivity index (χ3n) is 2.90. The molecule has 0 bridgehead atoms. The molecule has 1 aliphatic carbocycles. The summed E-state index contributed by atoms with van der Waals surface area (Å²) < 4.78 is 0. The van der Waals surface area contributed by atoms with E-state index in [0.717, 1.165) is 6.42 Å². The fraction of sp³-hybridized carbons (Fsp3) is 0.188. The van der Waals surface area contributed by atoms with Crippen molar-refractivity contribution in [3.05, 3.63) is 53.6 Å². The number of rotatable bonds is 1. The molecule has 2 heteroatoms. The molecule has 18 heavy (non-hydrogen) atoms. The summed E-state index contributed by atoms with van der Waals surface area (Å²) in [6.45, 7) is 2.53. The van der Waals surface area contributed by atoms with Crippen molar-refractivity contribution in [3.8, 4) is 0 Å². The summed E-state index contributed by atoms with van der Waals surface area (Å²) in [5.74, 6) is 0. The average molecular weight is 236 g/mol. The van der Waals surface area contributed by atoms with Crippen molar-refractivity contribution in [2.75, 3.05) is 6.54 Å². The van der Waals surface area contributed by atoms with Crippen LogP contribution in [0.1, 0.15) is 18.1 Å². The molecule has 0 heterocycles. The number of aliphatic imine (C=N–C) groups is 1. The van der Waals surface area contributed by atoms with Crippen molar-refractivity contribution in [2.24, 2.45) is 4.99 Å². The van der Waals surface area contributed by atoms with E-state index in [9.17, 15) is 0 Å². The standard InChI is InChI=1S/C13H10.C3H6N2/c1-4-10-6-2-8-12-9-3-7-11(5-1)13(10)12;1-2-5-3-4/h1-8H,9H2;4H,2H2,1H3. The highest BCUT2D eigenvalue weighted by Crippen LogP contribution is 2.27. The summed E-state index contributed by atoms with van der Waals surface area (Å²) in [4.78, 5) is 3.39. The molecular formula is C16H16N2. The van der Waals surface area contributed by atoms with Crippen molar-refractivity contribution in [2.45, 2.75) is 13.3 Å². The van der Waals surface area contributed by atoms with Crippen molar-refractivity contribution >= 4 is 22.9 Å². The smallest absolute Gasteiger partial charge is 0.0861 e. The first kappa shape index (κ1) is 12.3. The van der Waals surface area contributed by atoms with Crippen LogP contribution in [0.15, 0.2) is 47.5 Å². The second kappa shape index (κ2) is 5.95. The summed E-state index contributed by atoms with van der Waals surface area (Å²) >= 11 is 0. The Kier molecular flexibility index (Phi) is 4.06. The van der Waals surface area contributed by atoms with Gasteiger partial charge in [-0.05, 0) is 35.2 Å². The summed E-state index contributed by atoms with van der Waals surface area (Å²) in [5, 5.41) is 8.98. The number of hydrogen-bond donors (Lipinski definition) is 1. The summed E-state index contributed by atoms with van der Waals surface area (Å²) in [5.41, 5.74) is 2.81. The van der Waals surface area contributed by atoms with E-state index in [1.54, 1.807) is 0 Å². The van der Waals surface area contributed by atoms with Gasteiger partial charge in [0, 0.05) is 6.54 Å². The molecule has 0 unspecified atom stereocenters. The first-order valence-electron chi connectivity index (χ1n) is 6.12. The maximum Gasteiger partial charge on any atom is 0.0861 e. The number of nitrogens with zero attached hydrogens (tertiary/aromatic N) is 1. The average Bonchev–Trinajstić information content (AvgIpc) is 2.42. The Morgan fingerprint density at radius 3 is 2.67 bits per heavy atom. The van der Waals surface area contributed by atoms with Crippen LogP contribution in [-0.4, -0.2) is 12.6 Å². The maximum atomic E-state index is 6.19. The molecule has 2 nitrogen and oxygen atoms in total. The van der Waals surface area contributed by atoms with Gasteiger partial charge in [0.05, 0.1) is 6.01 Å². The quantitative estimate of drug-likeness (QED) is 0.721. The molecule has 0 atom stereocenters. The molecule has 0 spiro atoms. The monoisotopic (exact) mass is 236 g/mol. The van der Waals surface area contributed by atoms with Crippen molar-refractivity contribution in [1.82, 2.24) is 0 Å². The molecule has 0 radical (unpaired) electrons. The number of allylic oxidation sites excluding steroid dienone is 1. The highest BCUT2D eigenvalue weighted by Gasteiger charge is 2.06. The van der Waals surface area contributed by atoms with Gasteiger partial charge in [0.25, 0.3) is 0 Å². The van der Waals surface area contributed by atoms with Crippen LogP contribution < -0.4 is 0 Å². The van der Waals surface area contributed by atoms with E-state index in [1.165, 1.54) is 21.9 Å². The minimum Gasteiger partial charge on any atom is -0.242 e. The van der Waals surface area contributed by atoms with E-state index in [2.05, 4.69) is 53.5 Å². The lowest BCUT2D eigenvalue weighted by Crippen LogP contribution is -1.91. The molecule has 0 amide bonds. The Balaban J connectivity index is 0.000000209. The van der Waals surface area contributed by atoms with Gasteiger partial charge in [-0.25, -0.2) is 10.4 Å². The zero-order valence-corrected chi connectivity index (χ0v) is 10.5. The molecular weight excluding hydrogens is 220 g/mol.